The lowest BCUT2D eigenvalue weighted by atomic mass is 9.70. The van der Waals surface area contributed by atoms with Crippen LogP contribution in [0.3, 0.4) is 0 Å². The van der Waals surface area contributed by atoms with Gasteiger partial charge in [0.1, 0.15) is 42.0 Å². The summed E-state index contributed by atoms with van der Waals surface area (Å²) in [6, 6.07) is 0. The Hall–Kier alpha value is -2.31. The summed E-state index contributed by atoms with van der Waals surface area (Å²) < 4.78 is 69.7. The zero-order valence-corrected chi connectivity index (χ0v) is 38.5. The number of allylic oxidation sites excluding steroid dienone is 2. The number of methoxy groups -OCH3 is 3. The molecule has 2 bridgehead atoms. The van der Waals surface area contributed by atoms with Crippen molar-refractivity contribution in [3.05, 3.63) is 59.3 Å². The molecule has 0 amide bonds. The molecule has 1 spiro atoms. The van der Waals surface area contributed by atoms with Crippen molar-refractivity contribution in [1.29, 1.82) is 0 Å². The Labute approximate surface area is 367 Å². The van der Waals surface area contributed by atoms with Gasteiger partial charge < -0.3 is 62.3 Å². The van der Waals surface area contributed by atoms with Crippen molar-refractivity contribution in [2.75, 3.05) is 27.9 Å². The van der Waals surface area contributed by atoms with E-state index >= 15 is 0 Å². The summed E-state index contributed by atoms with van der Waals surface area (Å²) in [5.41, 5.74) is 0.622. The third-order valence-electron chi connectivity index (χ3n) is 14.2. The van der Waals surface area contributed by atoms with Crippen LogP contribution in [0, 0.1) is 23.7 Å². The summed E-state index contributed by atoms with van der Waals surface area (Å²) >= 11 is 0. The molecule has 0 radical (unpaired) electrons. The SMILES string of the molecule is CO[C@H]1C[C@H](O[C@H]2[C@H](C)O[C@@H](O[C@@H]3/C(C)=C/C[C@@H]4C[C@@H](C[C@]5(C=C[C@H](C)[C@H](C(C)C)O5)O4)OC(=O)[C@@H]4C=C(C)[C@@H](OC)[C@H]5OC/C(=C\C=C\[C@@H]3C)[C@]54O)C[C@@H]2OC)O[C@@H](C)[C@@H]1O. The first kappa shape index (κ1) is 47.6. The number of esters is 1. The Bertz CT molecular complexity index is 1720. The van der Waals surface area contributed by atoms with Crippen LogP contribution in [0.1, 0.15) is 87.5 Å². The highest BCUT2D eigenvalue weighted by molar-refractivity contribution is 5.78. The van der Waals surface area contributed by atoms with Crippen molar-refractivity contribution in [2.24, 2.45) is 23.7 Å². The van der Waals surface area contributed by atoms with Crippen LogP contribution in [0.4, 0.5) is 0 Å². The second kappa shape index (κ2) is 19.7. The Morgan fingerprint density at radius 3 is 2.24 bits per heavy atom. The normalized spacial score (nSPS) is 48.7. The summed E-state index contributed by atoms with van der Waals surface area (Å²) in [5, 5.41) is 23.2. The zero-order valence-electron chi connectivity index (χ0n) is 38.5. The van der Waals surface area contributed by atoms with E-state index in [9.17, 15) is 15.0 Å². The van der Waals surface area contributed by atoms with E-state index in [1.807, 2.05) is 38.2 Å². The fourth-order valence-corrected chi connectivity index (χ4v) is 10.7. The van der Waals surface area contributed by atoms with Crippen LogP contribution < -0.4 is 0 Å². The Kier molecular flexibility index (Phi) is 15.1. The van der Waals surface area contributed by atoms with Gasteiger partial charge in [0.15, 0.2) is 18.4 Å². The summed E-state index contributed by atoms with van der Waals surface area (Å²) in [4.78, 5) is 14.4. The van der Waals surface area contributed by atoms with E-state index in [1.54, 1.807) is 34.3 Å². The first-order chi connectivity index (χ1) is 29.5. The van der Waals surface area contributed by atoms with E-state index in [-0.39, 0.29) is 42.7 Å². The molecule has 14 heteroatoms. The average molecular weight is 873 g/mol. The van der Waals surface area contributed by atoms with Crippen LogP contribution in [0.2, 0.25) is 0 Å². The van der Waals surface area contributed by atoms with Gasteiger partial charge in [-0.3, -0.25) is 4.79 Å². The molecule has 62 heavy (non-hydrogen) atoms. The third kappa shape index (κ3) is 9.64. The number of hydrogen-bond donors (Lipinski definition) is 2. The number of ether oxygens (including phenoxy) is 11. The molecule has 6 aliphatic heterocycles. The number of aliphatic hydroxyl groups is 2. The Morgan fingerprint density at radius 2 is 1.53 bits per heavy atom. The summed E-state index contributed by atoms with van der Waals surface area (Å²) in [6.45, 7) is 16.3. The lowest BCUT2D eigenvalue weighted by Gasteiger charge is -2.48. The second-order valence-corrected chi connectivity index (χ2v) is 19.0. The molecule has 0 saturated carbocycles. The molecule has 0 aromatic heterocycles. The first-order valence-corrected chi connectivity index (χ1v) is 22.7. The predicted octanol–water partition coefficient (Wildman–Crippen LogP) is 5.64. The van der Waals surface area contributed by atoms with E-state index in [0.717, 1.165) is 11.1 Å². The van der Waals surface area contributed by atoms with E-state index in [1.165, 1.54) is 0 Å². The maximum absolute atomic E-state index is 14.4. The number of carbonyl (C=O) groups excluding carboxylic acids is 1. The number of carbonyl (C=O) groups is 1. The van der Waals surface area contributed by atoms with Crippen molar-refractivity contribution in [3.8, 4) is 0 Å². The predicted molar refractivity (Wildman–Crippen MR) is 227 cm³/mol. The van der Waals surface area contributed by atoms with E-state index < -0.39 is 90.8 Å². The molecule has 4 saturated heterocycles. The van der Waals surface area contributed by atoms with Gasteiger partial charge in [-0.2, -0.15) is 0 Å². The first-order valence-electron chi connectivity index (χ1n) is 22.7. The molecule has 0 unspecified atom stereocenters. The summed E-state index contributed by atoms with van der Waals surface area (Å²) in [5.74, 6) is -2.41. The van der Waals surface area contributed by atoms with Crippen molar-refractivity contribution in [2.45, 2.75) is 185 Å². The van der Waals surface area contributed by atoms with Crippen LogP contribution in [0.15, 0.2) is 59.3 Å². The minimum absolute atomic E-state index is 0.0944. The quantitative estimate of drug-likeness (QED) is 0.228. The van der Waals surface area contributed by atoms with Gasteiger partial charge in [-0.1, -0.05) is 64.2 Å². The minimum Gasteiger partial charge on any atom is -0.462 e. The number of aliphatic hydroxyl groups excluding tert-OH is 1. The molecule has 7 rings (SSSR count). The second-order valence-electron chi connectivity index (χ2n) is 19.0. The molecule has 2 N–H and O–H groups in total. The maximum Gasteiger partial charge on any atom is 0.316 e. The standard InChI is InChI=1S/C48H72O14/c1-25(2)41-28(5)17-18-47(62-41)23-34-20-33(61-47)16-15-27(4)42(59-39-22-37(53-10)44(31(8)57-39)60-38-21-36(52-9)40(49)30(7)56-38)26(3)13-12-14-32-24-55-45-43(54-11)29(6)19-35(46(50)58-34)48(32,45)51/h12-15,17-19,25-26,28,30-31,33-45,49,51H,16,20-24H2,1-11H3/b13-12+,27-15+,32-14+/t26-,28-,30-,31-,33+,34-,35-,36-,37-,38-,39-,40-,41-,42-,43+,44-,45+,47+,48+/m0/s1. The van der Waals surface area contributed by atoms with Gasteiger partial charge >= 0.3 is 5.97 Å². The number of rotatable bonds is 8. The lowest BCUT2D eigenvalue weighted by Crippen LogP contribution is -2.58. The molecule has 0 aromatic rings. The highest BCUT2D eigenvalue weighted by Gasteiger charge is 2.60. The molecule has 1 aliphatic carbocycles. The van der Waals surface area contributed by atoms with Crippen molar-refractivity contribution >= 4 is 5.97 Å². The average Bonchev–Trinajstić information content (AvgIpc) is 3.56. The van der Waals surface area contributed by atoms with Gasteiger partial charge in [0.05, 0.1) is 49.3 Å². The topological polar surface area (TPSA) is 159 Å². The van der Waals surface area contributed by atoms with Crippen molar-refractivity contribution in [3.63, 3.8) is 0 Å². The maximum atomic E-state index is 14.4. The lowest BCUT2D eigenvalue weighted by molar-refractivity contribution is -0.318. The van der Waals surface area contributed by atoms with Crippen LogP contribution in [-0.4, -0.2) is 141 Å². The van der Waals surface area contributed by atoms with Gasteiger partial charge in [-0.25, -0.2) is 0 Å². The molecule has 4 fully saturated rings. The molecule has 19 atom stereocenters. The minimum atomic E-state index is -1.71. The molecule has 0 aromatic carbocycles. The smallest absolute Gasteiger partial charge is 0.316 e. The van der Waals surface area contributed by atoms with Crippen molar-refractivity contribution in [1.82, 2.24) is 0 Å². The van der Waals surface area contributed by atoms with Crippen LogP contribution in [0.5, 0.6) is 0 Å². The fourth-order valence-electron chi connectivity index (χ4n) is 10.7. The molecule has 6 heterocycles. The number of hydrogen-bond acceptors (Lipinski definition) is 14. The molecule has 348 valence electrons. The van der Waals surface area contributed by atoms with E-state index in [2.05, 4.69) is 46.8 Å². The zero-order chi connectivity index (χ0) is 44.7. The van der Waals surface area contributed by atoms with Crippen LogP contribution in [-0.2, 0) is 56.9 Å². The van der Waals surface area contributed by atoms with Gasteiger partial charge in [-0.05, 0) is 62.8 Å². The summed E-state index contributed by atoms with van der Waals surface area (Å²) in [7, 11) is 4.82. The molecule has 7 aliphatic rings. The molecular weight excluding hydrogens is 801 g/mol. The fraction of sp³-hybridized carbons (Fsp3) is 0.771. The van der Waals surface area contributed by atoms with Gasteiger partial charge in [0.2, 0.25) is 0 Å². The molecule has 14 nitrogen and oxygen atoms in total. The monoisotopic (exact) mass is 872 g/mol. The van der Waals surface area contributed by atoms with Gasteiger partial charge in [-0.15, -0.1) is 0 Å². The van der Waals surface area contributed by atoms with Crippen LogP contribution in [0.25, 0.3) is 0 Å². The summed E-state index contributed by atoms with van der Waals surface area (Å²) in [6.07, 6.45) is 8.94. The largest absolute Gasteiger partial charge is 0.462 e. The highest BCUT2D eigenvalue weighted by atomic mass is 16.7. The van der Waals surface area contributed by atoms with Gasteiger partial charge in [0.25, 0.3) is 0 Å². The Morgan fingerprint density at radius 1 is 0.823 bits per heavy atom. The third-order valence-corrected chi connectivity index (χ3v) is 14.2. The Balaban J connectivity index is 1.19. The highest BCUT2D eigenvalue weighted by Crippen LogP contribution is 2.47. The number of fused-ring (bicyclic) bond motifs is 2. The van der Waals surface area contributed by atoms with Crippen molar-refractivity contribution < 1.29 is 67.1 Å². The van der Waals surface area contributed by atoms with E-state index in [0.29, 0.717) is 37.7 Å². The van der Waals surface area contributed by atoms with E-state index in [4.69, 9.17) is 52.1 Å². The van der Waals surface area contributed by atoms with Crippen LogP contribution >= 0.6 is 0 Å². The van der Waals surface area contributed by atoms with Gasteiger partial charge in [0, 0.05) is 58.8 Å². The molecular formula is C48H72O14.